The lowest BCUT2D eigenvalue weighted by Crippen LogP contribution is -2.16. The Morgan fingerprint density at radius 1 is 1.26 bits per heavy atom. The van der Waals surface area contributed by atoms with Crippen molar-refractivity contribution in [3.63, 3.8) is 0 Å². The number of amidine groups is 1. The second-order valence-electron chi connectivity index (χ2n) is 3.65. The first kappa shape index (κ1) is 13.3. The molecule has 5 nitrogen and oxygen atoms in total. The van der Waals surface area contributed by atoms with Gasteiger partial charge in [0.2, 0.25) is 5.88 Å². The number of nitrogens with zero attached hydrogens (tertiary/aromatic N) is 2. The molecular formula is C13H13ClN4O. The Kier molecular flexibility index (Phi) is 4.30. The molecule has 0 bridgehead atoms. The lowest BCUT2D eigenvalue weighted by atomic mass is 10.3. The number of benzene rings is 1. The minimum atomic E-state index is 0.124. The monoisotopic (exact) mass is 276 g/mol. The molecule has 0 radical (unpaired) electrons. The van der Waals surface area contributed by atoms with E-state index in [1.54, 1.807) is 24.3 Å². The SMILES string of the molecule is CCOc1nccnc1C(=N)Nc1ccc(Cl)cc1. The molecule has 2 rings (SSSR count). The third-order valence-electron chi connectivity index (χ3n) is 2.30. The quantitative estimate of drug-likeness (QED) is 0.665. The van der Waals surface area contributed by atoms with Crippen LogP contribution in [0.2, 0.25) is 5.02 Å². The Morgan fingerprint density at radius 3 is 2.63 bits per heavy atom. The van der Waals surface area contributed by atoms with Crippen LogP contribution < -0.4 is 10.1 Å². The molecular weight excluding hydrogens is 264 g/mol. The standard InChI is InChI=1S/C13H13ClN4O/c1-2-19-13-11(16-7-8-17-13)12(15)18-10-5-3-9(14)4-6-10/h3-8H,2H2,1H3,(H2,15,18). The zero-order valence-corrected chi connectivity index (χ0v) is 11.1. The van der Waals surface area contributed by atoms with Crippen molar-refractivity contribution < 1.29 is 4.74 Å². The van der Waals surface area contributed by atoms with Crippen LogP contribution in [0.4, 0.5) is 5.69 Å². The summed E-state index contributed by atoms with van der Waals surface area (Å²) in [6.45, 7) is 2.33. The van der Waals surface area contributed by atoms with Crippen LogP contribution in [0.3, 0.4) is 0 Å². The molecule has 0 atom stereocenters. The highest BCUT2D eigenvalue weighted by Crippen LogP contribution is 2.16. The van der Waals surface area contributed by atoms with E-state index in [0.717, 1.165) is 5.69 Å². The molecule has 0 amide bonds. The van der Waals surface area contributed by atoms with Crippen LogP contribution in [0.1, 0.15) is 12.6 Å². The fourth-order valence-corrected chi connectivity index (χ4v) is 1.60. The number of rotatable bonds is 4. The predicted octanol–water partition coefficient (Wildman–Crippen LogP) is 2.97. The third kappa shape index (κ3) is 3.42. The van der Waals surface area contributed by atoms with Crippen LogP contribution in [-0.4, -0.2) is 22.4 Å². The second-order valence-corrected chi connectivity index (χ2v) is 4.09. The molecule has 0 unspecified atom stereocenters. The van der Waals surface area contributed by atoms with Crippen molar-refractivity contribution in [1.82, 2.24) is 9.97 Å². The van der Waals surface area contributed by atoms with E-state index in [1.807, 2.05) is 6.92 Å². The highest BCUT2D eigenvalue weighted by molar-refractivity contribution is 6.30. The number of anilines is 1. The first-order valence-electron chi connectivity index (χ1n) is 5.76. The van der Waals surface area contributed by atoms with Crippen molar-refractivity contribution in [2.75, 3.05) is 11.9 Å². The summed E-state index contributed by atoms with van der Waals surface area (Å²) in [6.07, 6.45) is 3.06. The summed E-state index contributed by atoms with van der Waals surface area (Å²) >= 11 is 5.81. The summed E-state index contributed by atoms with van der Waals surface area (Å²) in [5.74, 6) is 0.468. The molecule has 98 valence electrons. The summed E-state index contributed by atoms with van der Waals surface area (Å²) in [5, 5.41) is 11.6. The maximum atomic E-state index is 8.01. The zero-order chi connectivity index (χ0) is 13.7. The molecule has 2 N–H and O–H groups in total. The number of hydrogen-bond donors (Lipinski definition) is 2. The normalized spacial score (nSPS) is 10.0. The number of nitrogens with one attached hydrogen (secondary N) is 2. The molecule has 0 aliphatic carbocycles. The van der Waals surface area contributed by atoms with E-state index >= 15 is 0 Å². The summed E-state index contributed by atoms with van der Waals surface area (Å²) in [4.78, 5) is 8.17. The Bertz CT molecular complexity index is 571. The van der Waals surface area contributed by atoms with Gasteiger partial charge in [-0.1, -0.05) is 11.6 Å². The summed E-state index contributed by atoms with van der Waals surface area (Å²) in [7, 11) is 0. The molecule has 0 aliphatic rings. The van der Waals surface area contributed by atoms with Gasteiger partial charge in [0.25, 0.3) is 0 Å². The number of halogens is 1. The van der Waals surface area contributed by atoms with E-state index in [0.29, 0.717) is 23.2 Å². The van der Waals surface area contributed by atoms with E-state index in [-0.39, 0.29) is 5.84 Å². The van der Waals surface area contributed by atoms with Crippen molar-refractivity contribution in [3.8, 4) is 5.88 Å². The van der Waals surface area contributed by atoms with Gasteiger partial charge in [-0.3, -0.25) is 5.41 Å². The van der Waals surface area contributed by atoms with Crippen LogP contribution in [0.25, 0.3) is 0 Å². The minimum Gasteiger partial charge on any atom is -0.476 e. The number of ether oxygens (including phenoxy) is 1. The molecule has 0 saturated heterocycles. The van der Waals surface area contributed by atoms with Crippen LogP contribution in [0, 0.1) is 5.41 Å². The Hall–Kier alpha value is -2.14. The highest BCUT2D eigenvalue weighted by atomic mass is 35.5. The van der Waals surface area contributed by atoms with Gasteiger partial charge in [0, 0.05) is 23.1 Å². The van der Waals surface area contributed by atoms with E-state index in [2.05, 4.69) is 15.3 Å². The fourth-order valence-electron chi connectivity index (χ4n) is 1.48. The van der Waals surface area contributed by atoms with E-state index < -0.39 is 0 Å². The van der Waals surface area contributed by atoms with Gasteiger partial charge in [0.05, 0.1) is 6.61 Å². The van der Waals surface area contributed by atoms with Crippen molar-refractivity contribution in [1.29, 1.82) is 5.41 Å². The lowest BCUT2D eigenvalue weighted by Gasteiger charge is -2.10. The van der Waals surface area contributed by atoms with Crippen molar-refractivity contribution in [2.24, 2.45) is 0 Å². The summed E-state index contributed by atoms with van der Waals surface area (Å²) < 4.78 is 5.34. The summed E-state index contributed by atoms with van der Waals surface area (Å²) in [5.41, 5.74) is 1.13. The fraction of sp³-hybridized carbons (Fsp3) is 0.154. The van der Waals surface area contributed by atoms with Crippen LogP contribution in [0.15, 0.2) is 36.7 Å². The first-order valence-corrected chi connectivity index (χ1v) is 6.14. The molecule has 0 aliphatic heterocycles. The van der Waals surface area contributed by atoms with Crippen molar-refractivity contribution in [3.05, 3.63) is 47.4 Å². The van der Waals surface area contributed by atoms with Gasteiger partial charge >= 0.3 is 0 Å². The lowest BCUT2D eigenvalue weighted by molar-refractivity contribution is 0.324. The number of hydrogen-bond acceptors (Lipinski definition) is 4. The topological polar surface area (TPSA) is 70.9 Å². The van der Waals surface area contributed by atoms with E-state index in [9.17, 15) is 0 Å². The Morgan fingerprint density at radius 2 is 1.95 bits per heavy atom. The third-order valence-corrected chi connectivity index (χ3v) is 2.55. The zero-order valence-electron chi connectivity index (χ0n) is 10.4. The van der Waals surface area contributed by atoms with Crippen molar-refractivity contribution >= 4 is 23.1 Å². The molecule has 0 saturated carbocycles. The van der Waals surface area contributed by atoms with E-state index in [4.69, 9.17) is 21.7 Å². The predicted molar refractivity (Wildman–Crippen MR) is 75.1 cm³/mol. The Balaban J connectivity index is 2.18. The van der Waals surface area contributed by atoms with Gasteiger partial charge in [-0.2, -0.15) is 0 Å². The molecule has 0 spiro atoms. The number of aromatic nitrogens is 2. The molecule has 1 aromatic heterocycles. The van der Waals surface area contributed by atoms with Gasteiger partial charge in [-0.05, 0) is 31.2 Å². The minimum absolute atomic E-state index is 0.124. The Labute approximate surface area is 116 Å². The molecule has 1 aromatic carbocycles. The molecule has 2 aromatic rings. The average molecular weight is 277 g/mol. The molecule has 0 fully saturated rings. The second kappa shape index (κ2) is 6.15. The molecule has 19 heavy (non-hydrogen) atoms. The maximum absolute atomic E-state index is 8.01. The maximum Gasteiger partial charge on any atom is 0.243 e. The highest BCUT2D eigenvalue weighted by Gasteiger charge is 2.11. The molecule has 1 heterocycles. The van der Waals surface area contributed by atoms with Crippen molar-refractivity contribution in [2.45, 2.75) is 6.92 Å². The largest absolute Gasteiger partial charge is 0.476 e. The van der Waals surface area contributed by atoms with E-state index in [1.165, 1.54) is 12.4 Å². The van der Waals surface area contributed by atoms with Gasteiger partial charge in [-0.15, -0.1) is 0 Å². The van der Waals surface area contributed by atoms with Gasteiger partial charge in [0.15, 0.2) is 11.5 Å². The van der Waals surface area contributed by atoms with Gasteiger partial charge < -0.3 is 10.1 Å². The van der Waals surface area contributed by atoms with Crippen LogP contribution >= 0.6 is 11.6 Å². The smallest absolute Gasteiger partial charge is 0.243 e. The first-order chi connectivity index (χ1) is 9.20. The van der Waals surface area contributed by atoms with Gasteiger partial charge in [0.1, 0.15) is 0 Å². The molecule has 6 heteroatoms. The van der Waals surface area contributed by atoms with Crippen LogP contribution in [-0.2, 0) is 0 Å². The summed E-state index contributed by atoms with van der Waals surface area (Å²) in [6, 6.07) is 7.07. The van der Waals surface area contributed by atoms with Crippen LogP contribution in [0.5, 0.6) is 5.88 Å². The average Bonchev–Trinajstić information content (AvgIpc) is 2.42. The van der Waals surface area contributed by atoms with Gasteiger partial charge in [-0.25, -0.2) is 9.97 Å².